The van der Waals surface area contributed by atoms with E-state index in [2.05, 4.69) is 5.32 Å². The fraction of sp³-hybridized carbons (Fsp3) is 0.194. The average molecular weight is 545 g/mol. The fourth-order valence-electron chi connectivity index (χ4n) is 4.30. The van der Waals surface area contributed by atoms with E-state index >= 15 is 0 Å². The van der Waals surface area contributed by atoms with E-state index in [0.29, 0.717) is 11.5 Å². The summed E-state index contributed by atoms with van der Waals surface area (Å²) in [4.78, 5) is 13.8. The molecule has 4 aromatic carbocycles. The third kappa shape index (κ3) is 6.23. The smallest absolute Gasteiger partial charge is 0.264 e. The van der Waals surface area contributed by atoms with E-state index in [1.165, 1.54) is 4.31 Å². The number of para-hydroxylation sites is 1. The van der Waals surface area contributed by atoms with Crippen molar-refractivity contribution in [2.45, 2.75) is 31.3 Å². The SMILES string of the molecule is COc1ccc(OC)c([C@@H](C)NC(=O)c2ccccc2N(Cc2ccccc2)S(=O)(=O)c2ccc(C)cc2)c1. The minimum Gasteiger partial charge on any atom is -0.497 e. The molecule has 0 unspecified atom stereocenters. The van der Waals surface area contributed by atoms with Crippen molar-refractivity contribution in [1.82, 2.24) is 5.32 Å². The van der Waals surface area contributed by atoms with E-state index in [9.17, 15) is 13.2 Å². The molecule has 0 aliphatic carbocycles. The van der Waals surface area contributed by atoms with E-state index in [1.54, 1.807) is 80.9 Å². The summed E-state index contributed by atoms with van der Waals surface area (Å²) in [6.45, 7) is 3.79. The van der Waals surface area contributed by atoms with Crippen LogP contribution in [0.4, 0.5) is 5.69 Å². The summed E-state index contributed by atoms with van der Waals surface area (Å²) in [6, 6.07) is 27.6. The van der Waals surface area contributed by atoms with Crippen LogP contribution in [0.15, 0.2) is 102 Å². The number of benzene rings is 4. The third-order valence-corrected chi connectivity index (χ3v) is 8.22. The van der Waals surface area contributed by atoms with Gasteiger partial charge in [-0.25, -0.2) is 8.42 Å². The Hall–Kier alpha value is -4.30. The lowest BCUT2D eigenvalue weighted by Crippen LogP contribution is -2.34. The van der Waals surface area contributed by atoms with Crippen molar-refractivity contribution in [2.75, 3.05) is 18.5 Å². The Balaban J connectivity index is 1.74. The van der Waals surface area contributed by atoms with Gasteiger partial charge in [0.05, 0.1) is 43.0 Å². The minimum absolute atomic E-state index is 0.0562. The summed E-state index contributed by atoms with van der Waals surface area (Å²) in [6.07, 6.45) is 0. The van der Waals surface area contributed by atoms with Gasteiger partial charge < -0.3 is 14.8 Å². The van der Waals surface area contributed by atoms with Crippen LogP contribution in [0.1, 0.15) is 40.0 Å². The molecule has 0 aliphatic heterocycles. The summed E-state index contributed by atoms with van der Waals surface area (Å²) in [7, 11) is -0.876. The first-order valence-corrected chi connectivity index (χ1v) is 13.9. The monoisotopic (exact) mass is 544 g/mol. The molecule has 0 radical (unpaired) electrons. The molecule has 1 atom stereocenters. The minimum atomic E-state index is -4.01. The Kier molecular flexibility index (Phi) is 8.56. The predicted molar refractivity (Wildman–Crippen MR) is 153 cm³/mol. The maximum absolute atomic E-state index is 14.0. The van der Waals surface area contributed by atoms with Crippen LogP contribution in [-0.4, -0.2) is 28.5 Å². The number of hydrogen-bond acceptors (Lipinski definition) is 5. The molecule has 0 saturated carbocycles. The summed E-state index contributed by atoms with van der Waals surface area (Å²) >= 11 is 0. The van der Waals surface area contributed by atoms with Crippen LogP contribution in [0.2, 0.25) is 0 Å². The van der Waals surface area contributed by atoms with Gasteiger partial charge in [0.25, 0.3) is 15.9 Å². The third-order valence-electron chi connectivity index (χ3n) is 6.45. The highest BCUT2D eigenvalue weighted by Crippen LogP contribution is 2.32. The van der Waals surface area contributed by atoms with E-state index in [-0.39, 0.29) is 22.7 Å². The number of nitrogens with one attached hydrogen (secondary N) is 1. The van der Waals surface area contributed by atoms with Crippen molar-refractivity contribution in [2.24, 2.45) is 0 Å². The van der Waals surface area contributed by atoms with Gasteiger partial charge in [-0.2, -0.15) is 0 Å². The van der Waals surface area contributed by atoms with E-state index in [4.69, 9.17) is 9.47 Å². The first kappa shape index (κ1) is 27.7. The molecule has 4 aromatic rings. The molecule has 39 heavy (non-hydrogen) atoms. The number of methoxy groups -OCH3 is 2. The summed E-state index contributed by atoms with van der Waals surface area (Å²) in [5, 5.41) is 3.00. The highest BCUT2D eigenvalue weighted by molar-refractivity contribution is 7.92. The molecule has 0 fully saturated rings. The standard InChI is InChI=1S/C31H32N2O5S/c1-22-14-17-26(18-15-22)39(35,36)33(21-24-10-6-5-7-11-24)29-13-9-8-12-27(29)31(34)32-23(2)28-20-25(37-3)16-19-30(28)38-4/h5-20,23H,21H2,1-4H3,(H,32,34)/t23-/m1/s1. The molecule has 0 aliphatic rings. The van der Waals surface area contributed by atoms with Crippen molar-refractivity contribution in [3.8, 4) is 11.5 Å². The molecule has 0 heterocycles. The second-order valence-electron chi connectivity index (χ2n) is 9.13. The Morgan fingerprint density at radius 2 is 1.54 bits per heavy atom. The molecule has 0 saturated heterocycles. The van der Waals surface area contributed by atoms with Crippen LogP contribution in [0.5, 0.6) is 11.5 Å². The summed E-state index contributed by atoms with van der Waals surface area (Å²) in [5.41, 5.74) is 2.99. The summed E-state index contributed by atoms with van der Waals surface area (Å²) in [5.74, 6) is 0.815. The van der Waals surface area contributed by atoms with E-state index in [0.717, 1.165) is 16.7 Å². The number of nitrogens with zero attached hydrogens (tertiary/aromatic N) is 1. The number of hydrogen-bond donors (Lipinski definition) is 1. The predicted octanol–water partition coefficient (Wildman–Crippen LogP) is 5.90. The van der Waals surface area contributed by atoms with Crippen molar-refractivity contribution in [3.63, 3.8) is 0 Å². The van der Waals surface area contributed by atoms with Gasteiger partial charge in [0.15, 0.2) is 0 Å². The van der Waals surface area contributed by atoms with Gasteiger partial charge in [0.2, 0.25) is 0 Å². The lowest BCUT2D eigenvalue weighted by molar-refractivity contribution is 0.0940. The number of rotatable bonds is 10. The fourth-order valence-corrected chi connectivity index (χ4v) is 5.77. The van der Waals surface area contributed by atoms with Gasteiger partial charge in [-0.15, -0.1) is 0 Å². The van der Waals surface area contributed by atoms with Crippen LogP contribution in [0.25, 0.3) is 0 Å². The largest absolute Gasteiger partial charge is 0.497 e. The van der Waals surface area contributed by atoms with Gasteiger partial charge in [-0.05, 0) is 61.9 Å². The van der Waals surface area contributed by atoms with E-state index < -0.39 is 22.0 Å². The molecule has 202 valence electrons. The maximum atomic E-state index is 14.0. The van der Waals surface area contributed by atoms with E-state index in [1.807, 2.05) is 44.2 Å². The number of sulfonamides is 1. The van der Waals surface area contributed by atoms with Gasteiger partial charge in [-0.3, -0.25) is 9.10 Å². The normalized spacial score (nSPS) is 11.9. The molecule has 4 rings (SSSR count). The lowest BCUT2D eigenvalue weighted by Gasteiger charge is -2.27. The molecule has 1 amide bonds. The quantitative estimate of drug-likeness (QED) is 0.269. The van der Waals surface area contributed by atoms with Gasteiger partial charge in [-0.1, -0.05) is 60.2 Å². The highest BCUT2D eigenvalue weighted by atomic mass is 32.2. The topological polar surface area (TPSA) is 84.9 Å². The zero-order valence-electron chi connectivity index (χ0n) is 22.4. The molecule has 0 bridgehead atoms. The molecule has 0 spiro atoms. The van der Waals surface area contributed by atoms with Gasteiger partial charge in [0.1, 0.15) is 11.5 Å². The molecule has 1 N–H and O–H groups in total. The first-order valence-electron chi connectivity index (χ1n) is 12.5. The van der Waals surface area contributed by atoms with Gasteiger partial charge >= 0.3 is 0 Å². The average Bonchev–Trinajstić information content (AvgIpc) is 2.96. The second kappa shape index (κ2) is 12.0. The molecular weight excluding hydrogens is 512 g/mol. The number of aryl methyl sites for hydroxylation is 1. The zero-order chi connectivity index (χ0) is 28.0. The van der Waals surface area contributed by atoms with Crippen LogP contribution < -0.4 is 19.1 Å². The first-order chi connectivity index (χ1) is 18.7. The van der Waals surface area contributed by atoms with Gasteiger partial charge in [0, 0.05) is 5.56 Å². The van der Waals surface area contributed by atoms with Crippen molar-refractivity contribution in [3.05, 3.63) is 119 Å². The lowest BCUT2D eigenvalue weighted by atomic mass is 10.1. The highest BCUT2D eigenvalue weighted by Gasteiger charge is 2.29. The van der Waals surface area contributed by atoms with Crippen LogP contribution in [0, 0.1) is 6.92 Å². The Morgan fingerprint density at radius 3 is 2.21 bits per heavy atom. The van der Waals surface area contributed by atoms with Crippen LogP contribution in [0.3, 0.4) is 0 Å². The number of carbonyl (C=O) groups is 1. The number of carbonyl (C=O) groups excluding carboxylic acids is 1. The molecule has 8 heteroatoms. The number of amides is 1. The van der Waals surface area contributed by atoms with Crippen LogP contribution in [-0.2, 0) is 16.6 Å². The molecule has 0 aromatic heterocycles. The number of ether oxygens (including phenoxy) is 2. The van der Waals surface area contributed by atoms with Crippen molar-refractivity contribution < 1.29 is 22.7 Å². The molecular formula is C31H32N2O5S. The Labute approximate surface area is 230 Å². The van der Waals surface area contributed by atoms with Crippen molar-refractivity contribution >= 4 is 21.6 Å². The zero-order valence-corrected chi connectivity index (χ0v) is 23.2. The summed E-state index contributed by atoms with van der Waals surface area (Å²) < 4.78 is 40.1. The maximum Gasteiger partial charge on any atom is 0.264 e. The Morgan fingerprint density at radius 1 is 0.872 bits per heavy atom. The van der Waals surface area contributed by atoms with Crippen LogP contribution >= 0.6 is 0 Å². The van der Waals surface area contributed by atoms with Crippen molar-refractivity contribution in [1.29, 1.82) is 0 Å². The molecule has 7 nitrogen and oxygen atoms in total. The Bertz CT molecular complexity index is 1540. The number of anilines is 1. The second-order valence-corrected chi connectivity index (χ2v) is 11.0.